The number of rotatable bonds is 5. The van der Waals surface area contributed by atoms with Crippen LogP contribution in [0.5, 0.6) is 0 Å². The van der Waals surface area contributed by atoms with Gasteiger partial charge in [-0.25, -0.2) is 8.42 Å². The lowest BCUT2D eigenvalue weighted by Gasteiger charge is -2.17. The third kappa shape index (κ3) is 3.49. The highest BCUT2D eigenvalue weighted by Gasteiger charge is 2.62. The van der Waals surface area contributed by atoms with E-state index in [4.69, 9.17) is 0 Å². The van der Waals surface area contributed by atoms with Gasteiger partial charge in [0.1, 0.15) is 0 Å². The van der Waals surface area contributed by atoms with E-state index < -0.39 is 10.0 Å². The normalized spacial score (nSPS) is 24.9. The molecule has 1 aromatic carbocycles. The first kappa shape index (κ1) is 18.1. The van der Waals surface area contributed by atoms with Gasteiger partial charge in [-0.1, -0.05) is 17.7 Å². The number of hydrogen-bond acceptors (Lipinski definition) is 4. The smallest absolute Gasteiger partial charge is 0.243 e. The zero-order chi connectivity index (χ0) is 19.1. The number of nitrogens with one attached hydrogen (secondary N) is 1. The maximum atomic E-state index is 12.9. The summed E-state index contributed by atoms with van der Waals surface area (Å²) in [5.41, 5.74) is 1.84. The molecule has 0 unspecified atom stereocenters. The molecule has 2 atom stereocenters. The summed E-state index contributed by atoms with van der Waals surface area (Å²) in [7, 11) is -3.50. The second-order valence-corrected chi connectivity index (χ2v) is 9.53. The van der Waals surface area contributed by atoms with Crippen LogP contribution < -0.4 is 5.32 Å². The summed E-state index contributed by atoms with van der Waals surface area (Å²) in [6.45, 7) is 3.31. The van der Waals surface area contributed by atoms with Crippen LogP contribution >= 0.6 is 0 Å². The second-order valence-electron chi connectivity index (χ2n) is 7.59. The molecule has 0 radical (unpaired) electrons. The van der Waals surface area contributed by atoms with Crippen molar-refractivity contribution >= 4 is 15.9 Å². The van der Waals surface area contributed by atoms with Crippen LogP contribution in [0.4, 0.5) is 0 Å². The minimum absolute atomic E-state index is 0.0152. The molecular weight excluding hydrogens is 362 g/mol. The molecule has 0 bridgehead atoms. The molecule has 2 fully saturated rings. The molecule has 1 N–H and O–H groups in total. The van der Waals surface area contributed by atoms with Gasteiger partial charge in [0.05, 0.1) is 4.90 Å². The predicted molar refractivity (Wildman–Crippen MR) is 101 cm³/mol. The first-order valence-electron chi connectivity index (χ1n) is 9.14. The molecule has 1 spiro atoms. The van der Waals surface area contributed by atoms with E-state index in [0.717, 1.165) is 24.0 Å². The van der Waals surface area contributed by atoms with E-state index in [0.29, 0.717) is 24.5 Å². The molecule has 7 heteroatoms. The number of aryl methyl sites for hydroxylation is 1. The second kappa shape index (κ2) is 6.73. The van der Waals surface area contributed by atoms with E-state index in [1.807, 2.05) is 31.2 Å². The quantitative estimate of drug-likeness (QED) is 0.855. The number of amides is 1. The molecule has 2 aliphatic rings. The maximum absolute atomic E-state index is 12.9. The molecule has 1 aliphatic carbocycles. The highest BCUT2D eigenvalue weighted by molar-refractivity contribution is 7.89. The minimum atomic E-state index is -3.50. The number of nitrogens with zero attached hydrogens (tertiary/aromatic N) is 2. The molecule has 4 rings (SSSR count). The third-order valence-corrected chi connectivity index (χ3v) is 7.59. The number of pyridine rings is 1. The fraction of sp³-hybridized carbons (Fsp3) is 0.400. The average molecular weight is 385 g/mol. The van der Waals surface area contributed by atoms with Crippen LogP contribution in [-0.4, -0.2) is 36.7 Å². The van der Waals surface area contributed by atoms with Gasteiger partial charge in [0, 0.05) is 37.9 Å². The van der Waals surface area contributed by atoms with Gasteiger partial charge in [0.25, 0.3) is 0 Å². The van der Waals surface area contributed by atoms with Gasteiger partial charge < -0.3 is 5.32 Å². The maximum Gasteiger partial charge on any atom is 0.243 e. The zero-order valence-electron chi connectivity index (χ0n) is 15.3. The van der Waals surface area contributed by atoms with E-state index in [2.05, 4.69) is 10.3 Å². The number of carbonyl (C=O) groups excluding carboxylic acids is 1. The summed E-state index contributed by atoms with van der Waals surface area (Å²) < 4.78 is 27.3. The van der Waals surface area contributed by atoms with Crippen molar-refractivity contribution < 1.29 is 13.2 Å². The zero-order valence-corrected chi connectivity index (χ0v) is 16.1. The van der Waals surface area contributed by atoms with Crippen LogP contribution in [0.2, 0.25) is 0 Å². The molecule has 2 heterocycles. The molecule has 2 aromatic rings. The molecular formula is C20H23N3O3S. The Kier molecular flexibility index (Phi) is 4.52. The molecule has 1 aliphatic heterocycles. The molecule has 1 saturated heterocycles. The molecule has 6 nitrogen and oxygen atoms in total. The van der Waals surface area contributed by atoms with Gasteiger partial charge in [0.15, 0.2) is 0 Å². The molecule has 27 heavy (non-hydrogen) atoms. The van der Waals surface area contributed by atoms with Crippen LogP contribution in [0, 0.1) is 18.3 Å². The van der Waals surface area contributed by atoms with Crippen LogP contribution in [0.25, 0.3) is 0 Å². The van der Waals surface area contributed by atoms with Gasteiger partial charge in [-0.2, -0.15) is 4.31 Å². The van der Waals surface area contributed by atoms with Crippen molar-refractivity contribution in [2.45, 2.75) is 31.2 Å². The lowest BCUT2D eigenvalue weighted by atomic mass is 10.0. The Balaban J connectivity index is 1.38. The first-order valence-corrected chi connectivity index (χ1v) is 10.6. The van der Waals surface area contributed by atoms with Gasteiger partial charge in [-0.15, -0.1) is 0 Å². The van der Waals surface area contributed by atoms with E-state index in [1.54, 1.807) is 24.5 Å². The van der Waals surface area contributed by atoms with Crippen molar-refractivity contribution in [1.29, 1.82) is 0 Å². The van der Waals surface area contributed by atoms with E-state index >= 15 is 0 Å². The van der Waals surface area contributed by atoms with Crippen molar-refractivity contribution in [3.05, 3.63) is 59.9 Å². The molecule has 1 saturated carbocycles. The Bertz CT molecular complexity index is 944. The summed E-state index contributed by atoms with van der Waals surface area (Å²) in [5, 5.41) is 2.97. The fourth-order valence-electron chi connectivity index (χ4n) is 3.90. The molecule has 142 valence electrons. The predicted octanol–water partition coefficient (Wildman–Crippen LogP) is 2.11. The number of aromatic nitrogens is 1. The fourth-order valence-corrected chi connectivity index (χ4v) is 5.44. The topological polar surface area (TPSA) is 79.4 Å². The standard InChI is InChI=1S/C20H23N3O3S/c1-15-2-4-17(5-3-15)27(25,26)23-11-8-20(14-23)12-18(20)19(24)22-13-16-6-9-21-10-7-16/h2-7,9-10,18H,8,11-14H2,1H3,(H,22,24)/t18-,20+/m1/s1. The van der Waals surface area contributed by atoms with Crippen molar-refractivity contribution in [3.63, 3.8) is 0 Å². The molecule has 1 aromatic heterocycles. The Labute approximate surface area is 159 Å². The van der Waals surface area contributed by atoms with E-state index in [-0.39, 0.29) is 17.2 Å². The number of sulfonamides is 1. The van der Waals surface area contributed by atoms with Gasteiger partial charge in [0.2, 0.25) is 15.9 Å². The highest BCUT2D eigenvalue weighted by Crippen LogP contribution is 2.59. The van der Waals surface area contributed by atoms with Gasteiger partial charge >= 0.3 is 0 Å². The summed E-state index contributed by atoms with van der Waals surface area (Å²) in [5.74, 6) is -0.0843. The van der Waals surface area contributed by atoms with Crippen molar-refractivity contribution in [2.24, 2.45) is 11.3 Å². The lowest BCUT2D eigenvalue weighted by Crippen LogP contribution is -2.31. The van der Waals surface area contributed by atoms with Crippen LogP contribution in [-0.2, 0) is 21.4 Å². The van der Waals surface area contributed by atoms with Crippen molar-refractivity contribution in [2.75, 3.05) is 13.1 Å². The number of hydrogen-bond donors (Lipinski definition) is 1. The van der Waals surface area contributed by atoms with E-state index in [9.17, 15) is 13.2 Å². The van der Waals surface area contributed by atoms with E-state index in [1.165, 1.54) is 4.31 Å². The number of carbonyl (C=O) groups is 1. The van der Waals surface area contributed by atoms with Crippen LogP contribution in [0.15, 0.2) is 53.7 Å². The lowest BCUT2D eigenvalue weighted by molar-refractivity contribution is -0.123. The Hall–Kier alpha value is -2.25. The Morgan fingerprint density at radius 2 is 1.93 bits per heavy atom. The largest absolute Gasteiger partial charge is 0.352 e. The summed E-state index contributed by atoms with van der Waals surface area (Å²) in [4.78, 5) is 16.8. The minimum Gasteiger partial charge on any atom is -0.352 e. The van der Waals surface area contributed by atoms with Crippen LogP contribution in [0.3, 0.4) is 0 Å². The third-order valence-electron chi connectivity index (χ3n) is 5.73. The number of benzene rings is 1. The van der Waals surface area contributed by atoms with Crippen LogP contribution in [0.1, 0.15) is 24.0 Å². The van der Waals surface area contributed by atoms with Crippen molar-refractivity contribution in [3.8, 4) is 0 Å². The Morgan fingerprint density at radius 3 is 2.63 bits per heavy atom. The highest BCUT2D eigenvalue weighted by atomic mass is 32.2. The monoisotopic (exact) mass is 385 g/mol. The van der Waals surface area contributed by atoms with Gasteiger partial charge in [-0.05, 0) is 55.0 Å². The first-order chi connectivity index (χ1) is 12.9. The Morgan fingerprint density at radius 1 is 1.22 bits per heavy atom. The van der Waals surface area contributed by atoms with Crippen molar-refractivity contribution in [1.82, 2.24) is 14.6 Å². The van der Waals surface area contributed by atoms with Gasteiger partial charge in [-0.3, -0.25) is 9.78 Å². The SMILES string of the molecule is Cc1ccc(S(=O)(=O)N2CC[C@]3(C[C@@H]3C(=O)NCc3ccncc3)C2)cc1. The average Bonchev–Trinajstić information content (AvgIpc) is 3.20. The molecule has 1 amide bonds. The summed E-state index contributed by atoms with van der Waals surface area (Å²) >= 11 is 0. The summed E-state index contributed by atoms with van der Waals surface area (Å²) in [6.07, 6.45) is 4.90. The summed E-state index contributed by atoms with van der Waals surface area (Å²) in [6, 6.07) is 10.7.